The van der Waals surface area contributed by atoms with Crippen LogP contribution in [-0.4, -0.2) is 24.4 Å². The predicted molar refractivity (Wildman–Crippen MR) is 78.6 cm³/mol. The van der Waals surface area contributed by atoms with Gasteiger partial charge in [-0.1, -0.05) is 6.92 Å². The molecule has 0 aliphatic heterocycles. The maximum Gasteiger partial charge on any atom is 0.164 e. The molecule has 0 bridgehead atoms. The lowest BCUT2D eigenvalue weighted by Gasteiger charge is -2.17. The van der Waals surface area contributed by atoms with Crippen LogP contribution in [0.5, 0.6) is 11.5 Å². The number of H-pyrrole nitrogens is 1. The summed E-state index contributed by atoms with van der Waals surface area (Å²) >= 11 is 3.57. The number of halogens is 1. The Morgan fingerprint density at radius 3 is 2.58 bits per heavy atom. The minimum atomic E-state index is 0.530. The fourth-order valence-electron chi connectivity index (χ4n) is 2.16. The number of rotatable bonds is 4. The van der Waals surface area contributed by atoms with Gasteiger partial charge in [-0.3, -0.25) is 5.10 Å². The molecule has 2 rings (SSSR count). The van der Waals surface area contributed by atoms with Crippen LogP contribution in [0.1, 0.15) is 12.5 Å². The first-order valence-corrected chi connectivity index (χ1v) is 6.65. The summed E-state index contributed by atoms with van der Waals surface area (Å²) in [6.07, 6.45) is 2.50. The number of benzene rings is 1. The van der Waals surface area contributed by atoms with Crippen molar-refractivity contribution in [2.45, 2.75) is 13.3 Å². The summed E-state index contributed by atoms with van der Waals surface area (Å²) in [7, 11) is 3.25. The van der Waals surface area contributed by atoms with Gasteiger partial charge in [-0.05, 0) is 28.4 Å². The van der Waals surface area contributed by atoms with Gasteiger partial charge in [0, 0.05) is 21.2 Å². The van der Waals surface area contributed by atoms with E-state index in [1.54, 1.807) is 20.4 Å². The van der Waals surface area contributed by atoms with Gasteiger partial charge in [0.2, 0.25) is 0 Å². The van der Waals surface area contributed by atoms with Gasteiger partial charge in [-0.15, -0.1) is 0 Å². The second-order valence-corrected chi connectivity index (χ2v) is 4.85. The maximum absolute atomic E-state index is 5.92. The number of aromatic nitrogens is 2. The largest absolute Gasteiger partial charge is 0.493 e. The summed E-state index contributed by atoms with van der Waals surface area (Å²) in [5.74, 6) is 1.95. The molecule has 0 aliphatic rings. The molecule has 19 heavy (non-hydrogen) atoms. The second kappa shape index (κ2) is 5.52. The Hall–Kier alpha value is -1.69. The van der Waals surface area contributed by atoms with Gasteiger partial charge in [0.25, 0.3) is 0 Å². The smallest absolute Gasteiger partial charge is 0.164 e. The Kier molecular flexibility index (Phi) is 3.99. The van der Waals surface area contributed by atoms with E-state index in [0.717, 1.165) is 33.3 Å². The number of hydrogen-bond acceptors (Lipinski definition) is 4. The normalized spacial score (nSPS) is 10.5. The van der Waals surface area contributed by atoms with Crippen molar-refractivity contribution in [3.63, 3.8) is 0 Å². The Labute approximate surface area is 120 Å². The molecule has 0 unspecified atom stereocenters. The van der Waals surface area contributed by atoms with Crippen LogP contribution in [0.4, 0.5) is 5.82 Å². The van der Waals surface area contributed by atoms with Crippen LogP contribution < -0.4 is 15.2 Å². The summed E-state index contributed by atoms with van der Waals surface area (Å²) < 4.78 is 11.7. The van der Waals surface area contributed by atoms with Gasteiger partial charge in [-0.25, -0.2) is 0 Å². The molecule has 0 amide bonds. The average molecular weight is 326 g/mol. The fourth-order valence-corrected chi connectivity index (χ4v) is 2.82. The molecule has 1 aromatic heterocycles. The lowest BCUT2D eigenvalue weighted by Crippen LogP contribution is -2.00. The van der Waals surface area contributed by atoms with Crippen LogP contribution in [-0.2, 0) is 6.42 Å². The number of ether oxygens (including phenoxy) is 2. The highest BCUT2D eigenvalue weighted by atomic mass is 79.9. The van der Waals surface area contributed by atoms with E-state index in [1.165, 1.54) is 0 Å². The number of anilines is 1. The van der Waals surface area contributed by atoms with E-state index >= 15 is 0 Å². The highest BCUT2D eigenvalue weighted by Crippen LogP contribution is 2.44. The molecular formula is C13H16BrN3O2. The van der Waals surface area contributed by atoms with E-state index in [0.29, 0.717) is 11.6 Å². The first-order chi connectivity index (χ1) is 9.13. The van der Waals surface area contributed by atoms with Crippen molar-refractivity contribution in [3.8, 4) is 22.6 Å². The SMILES string of the molecule is CCc1c(OC)c(OC)cc(Br)c1-c1cn[nH]c1N. The average Bonchev–Trinajstić information content (AvgIpc) is 2.83. The van der Waals surface area contributed by atoms with Crippen molar-refractivity contribution in [1.82, 2.24) is 10.2 Å². The first-order valence-electron chi connectivity index (χ1n) is 5.86. The number of methoxy groups -OCH3 is 2. The summed E-state index contributed by atoms with van der Waals surface area (Å²) in [4.78, 5) is 0. The predicted octanol–water partition coefficient (Wildman–Crippen LogP) is 3.00. The van der Waals surface area contributed by atoms with Crippen LogP contribution in [0, 0.1) is 0 Å². The molecule has 6 heteroatoms. The van der Waals surface area contributed by atoms with Gasteiger partial charge in [0.1, 0.15) is 5.82 Å². The van der Waals surface area contributed by atoms with E-state index in [2.05, 4.69) is 33.1 Å². The van der Waals surface area contributed by atoms with E-state index in [4.69, 9.17) is 15.2 Å². The number of nitrogen functional groups attached to an aromatic ring is 1. The van der Waals surface area contributed by atoms with Crippen LogP contribution in [0.15, 0.2) is 16.7 Å². The summed E-state index contributed by atoms with van der Waals surface area (Å²) in [6, 6.07) is 1.87. The number of aromatic amines is 1. The topological polar surface area (TPSA) is 73.2 Å². The second-order valence-electron chi connectivity index (χ2n) is 4.00. The molecule has 0 radical (unpaired) electrons. The zero-order valence-corrected chi connectivity index (χ0v) is 12.7. The molecule has 0 saturated heterocycles. The Bertz CT molecular complexity index is 596. The molecule has 5 nitrogen and oxygen atoms in total. The van der Waals surface area contributed by atoms with Crippen LogP contribution >= 0.6 is 15.9 Å². The standard InChI is InChI=1S/C13H16BrN3O2/c1-4-7-11(8-6-16-17-13(8)15)9(14)5-10(18-2)12(7)19-3/h5-6H,4H2,1-3H3,(H3,15,16,17). The zero-order valence-electron chi connectivity index (χ0n) is 11.1. The molecule has 0 aliphatic carbocycles. The Morgan fingerprint density at radius 1 is 1.37 bits per heavy atom. The van der Waals surface area contributed by atoms with Gasteiger partial charge in [-0.2, -0.15) is 5.10 Å². The van der Waals surface area contributed by atoms with E-state index in [9.17, 15) is 0 Å². The molecule has 0 fully saturated rings. The van der Waals surface area contributed by atoms with Crippen molar-refractivity contribution in [2.75, 3.05) is 20.0 Å². The molecule has 102 valence electrons. The summed E-state index contributed by atoms with van der Waals surface area (Å²) in [5.41, 5.74) is 8.78. The molecule has 1 aromatic carbocycles. The van der Waals surface area contributed by atoms with Gasteiger partial charge in [0.15, 0.2) is 11.5 Å². The lowest BCUT2D eigenvalue weighted by molar-refractivity contribution is 0.352. The quantitative estimate of drug-likeness (QED) is 0.906. The number of nitrogens with zero attached hydrogens (tertiary/aromatic N) is 1. The van der Waals surface area contributed by atoms with E-state index < -0.39 is 0 Å². The molecule has 0 spiro atoms. The van der Waals surface area contributed by atoms with Crippen LogP contribution in [0.25, 0.3) is 11.1 Å². The molecule has 1 heterocycles. The number of nitrogens with one attached hydrogen (secondary N) is 1. The Balaban J connectivity index is 2.77. The van der Waals surface area contributed by atoms with Gasteiger partial charge >= 0.3 is 0 Å². The third-order valence-corrected chi connectivity index (χ3v) is 3.64. The Morgan fingerprint density at radius 2 is 2.11 bits per heavy atom. The lowest BCUT2D eigenvalue weighted by atomic mass is 9.98. The molecule has 0 atom stereocenters. The minimum absolute atomic E-state index is 0.530. The zero-order chi connectivity index (χ0) is 14.0. The van der Waals surface area contributed by atoms with Crippen LogP contribution in [0.3, 0.4) is 0 Å². The van der Waals surface area contributed by atoms with Gasteiger partial charge < -0.3 is 15.2 Å². The summed E-state index contributed by atoms with van der Waals surface area (Å²) in [5, 5.41) is 6.72. The van der Waals surface area contributed by atoms with Crippen molar-refractivity contribution in [3.05, 3.63) is 22.3 Å². The highest BCUT2D eigenvalue weighted by molar-refractivity contribution is 9.10. The van der Waals surface area contributed by atoms with E-state index in [1.807, 2.05) is 6.07 Å². The third kappa shape index (κ3) is 2.28. The highest BCUT2D eigenvalue weighted by Gasteiger charge is 2.20. The fraction of sp³-hybridized carbons (Fsp3) is 0.308. The van der Waals surface area contributed by atoms with Crippen molar-refractivity contribution in [2.24, 2.45) is 0 Å². The summed E-state index contributed by atoms with van der Waals surface area (Å²) in [6.45, 7) is 2.06. The monoisotopic (exact) mass is 325 g/mol. The number of hydrogen-bond donors (Lipinski definition) is 2. The molecule has 3 N–H and O–H groups in total. The maximum atomic E-state index is 5.92. The minimum Gasteiger partial charge on any atom is -0.493 e. The van der Waals surface area contributed by atoms with Crippen molar-refractivity contribution < 1.29 is 9.47 Å². The van der Waals surface area contributed by atoms with Gasteiger partial charge in [0.05, 0.1) is 20.4 Å². The van der Waals surface area contributed by atoms with E-state index in [-0.39, 0.29) is 0 Å². The molecule has 0 saturated carbocycles. The first kappa shape index (κ1) is 13.7. The van der Waals surface area contributed by atoms with Crippen molar-refractivity contribution in [1.29, 1.82) is 0 Å². The van der Waals surface area contributed by atoms with Crippen molar-refractivity contribution >= 4 is 21.7 Å². The molecule has 2 aromatic rings. The van der Waals surface area contributed by atoms with Crippen LogP contribution in [0.2, 0.25) is 0 Å². The number of nitrogens with two attached hydrogens (primary N) is 1. The third-order valence-electron chi connectivity index (χ3n) is 3.01. The molecular weight excluding hydrogens is 310 g/mol.